The van der Waals surface area contributed by atoms with E-state index in [2.05, 4.69) is 22.3 Å². The number of para-hydroxylation sites is 3. The zero-order valence-corrected chi connectivity index (χ0v) is 13.4. The fourth-order valence-corrected chi connectivity index (χ4v) is 3.48. The van der Waals surface area contributed by atoms with Gasteiger partial charge in [0.2, 0.25) is 11.8 Å². The van der Waals surface area contributed by atoms with Crippen molar-refractivity contribution in [3.8, 4) is 0 Å². The molecule has 4 rings (SSSR count). The lowest BCUT2D eigenvalue weighted by Crippen LogP contribution is -2.47. The molecule has 2 aromatic carbocycles. The van der Waals surface area contributed by atoms with Gasteiger partial charge in [-0.25, -0.2) is 0 Å². The van der Waals surface area contributed by atoms with Gasteiger partial charge in [0, 0.05) is 12.2 Å². The standard InChI is InChI=1S/C19H19N3O2/c23-18-12-22(17-10-4-2-8-15(17)20-18)19(24)13-21-11-5-7-14-6-1-3-9-16(14)21/h1-4,6,8-10H,5,7,11-13H2,(H,20,23). The lowest BCUT2D eigenvalue weighted by atomic mass is 10.0. The molecular weight excluding hydrogens is 302 g/mol. The molecule has 0 atom stereocenters. The summed E-state index contributed by atoms with van der Waals surface area (Å²) in [6.45, 7) is 1.23. The van der Waals surface area contributed by atoms with Crippen molar-refractivity contribution in [3.63, 3.8) is 0 Å². The highest BCUT2D eigenvalue weighted by molar-refractivity contribution is 6.10. The third-order valence-electron chi connectivity index (χ3n) is 4.60. The Morgan fingerprint density at radius 1 is 1.04 bits per heavy atom. The number of carbonyl (C=O) groups excluding carboxylic acids is 2. The number of hydrogen-bond donors (Lipinski definition) is 1. The molecule has 0 spiro atoms. The minimum absolute atomic E-state index is 0.0472. The maximum absolute atomic E-state index is 12.9. The van der Waals surface area contributed by atoms with E-state index in [1.807, 2.05) is 36.4 Å². The number of nitrogens with zero attached hydrogens (tertiary/aromatic N) is 2. The van der Waals surface area contributed by atoms with Crippen LogP contribution in [0, 0.1) is 0 Å². The maximum Gasteiger partial charge on any atom is 0.247 e. The van der Waals surface area contributed by atoms with Crippen LogP contribution in [0.5, 0.6) is 0 Å². The molecule has 0 aromatic heterocycles. The van der Waals surface area contributed by atoms with E-state index in [4.69, 9.17) is 0 Å². The smallest absolute Gasteiger partial charge is 0.247 e. The molecule has 5 heteroatoms. The molecule has 0 saturated carbocycles. The van der Waals surface area contributed by atoms with Crippen LogP contribution in [0.2, 0.25) is 0 Å². The topological polar surface area (TPSA) is 52.7 Å². The normalized spacial score (nSPS) is 16.2. The van der Waals surface area contributed by atoms with E-state index in [1.165, 1.54) is 5.56 Å². The van der Waals surface area contributed by atoms with E-state index in [9.17, 15) is 9.59 Å². The van der Waals surface area contributed by atoms with Gasteiger partial charge < -0.3 is 10.2 Å². The van der Waals surface area contributed by atoms with E-state index in [0.29, 0.717) is 12.2 Å². The first-order valence-electron chi connectivity index (χ1n) is 8.24. The Balaban J connectivity index is 1.59. The van der Waals surface area contributed by atoms with E-state index in [-0.39, 0.29) is 18.4 Å². The van der Waals surface area contributed by atoms with Crippen LogP contribution in [0.15, 0.2) is 48.5 Å². The van der Waals surface area contributed by atoms with Crippen molar-refractivity contribution in [1.29, 1.82) is 0 Å². The Labute approximate surface area is 140 Å². The van der Waals surface area contributed by atoms with Gasteiger partial charge in [0.15, 0.2) is 0 Å². The van der Waals surface area contributed by atoms with Crippen LogP contribution in [0.25, 0.3) is 0 Å². The van der Waals surface area contributed by atoms with Crippen LogP contribution >= 0.6 is 0 Å². The number of nitrogens with one attached hydrogen (secondary N) is 1. The number of anilines is 3. The third-order valence-corrected chi connectivity index (χ3v) is 4.60. The first-order valence-corrected chi connectivity index (χ1v) is 8.24. The molecule has 0 unspecified atom stereocenters. The molecule has 122 valence electrons. The fraction of sp³-hybridized carbons (Fsp3) is 0.263. The Kier molecular flexibility index (Phi) is 3.69. The molecule has 24 heavy (non-hydrogen) atoms. The number of carbonyl (C=O) groups is 2. The highest BCUT2D eigenvalue weighted by Gasteiger charge is 2.28. The Bertz CT molecular complexity index is 803. The van der Waals surface area contributed by atoms with E-state index in [0.717, 1.165) is 30.8 Å². The lowest BCUT2D eigenvalue weighted by Gasteiger charge is -2.34. The zero-order chi connectivity index (χ0) is 16.5. The largest absolute Gasteiger partial charge is 0.362 e. The number of amides is 2. The molecule has 1 N–H and O–H groups in total. The number of aryl methyl sites for hydroxylation is 1. The molecule has 0 radical (unpaired) electrons. The zero-order valence-electron chi connectivity index (χ0n) is 13.4. The van der Waals surface area contributed by atoms with Crippen LogP contribution in [0.4, 0.5) is 17.1 Å². The number of benzene rings is 2. The summed E-state index contributed by atoms with van der Waals surface area (Å²) in [6, 6.07) is 15.7. The number of hydrogen-bond acceptors (Lipinski definition) is 3. The van der Waals surface area contributed by atoms with Gasteiger partial charge in [-0.3, -0.25) is 14.5 Å². The molecule has 2 heterocycles. The van der Waals surface area contributed by atoms with E-state index < -0.39 is 0 Å². The van der Waals surface area contributed by atoms with Gasteiger partial charge in [0.1, 0.15) is 6.54 Å². The minimum atomic E-state index is -0.152. The van der Waals surface area contributed by atoms with Crippen LogP contribution in [0.1, 0.15) is 12.0 Å². The quantitative estimate of drug-likeness (QED) is 0.924. The highest BCUT2D eigenvalue weighted by Crippen LogP contribution is 2.30. The molecule has 2 aliphatic heterocycles. The van der Waals surface area contributed by atoms with Gasteiger partial charge in [-0.2, -0.15) is 0 Å². The van der Waals surface area contributed by atoms with Crippen LogP contribution in [0.3, 0.4) is 0 Å². The van der Waals surface area contributed by atoms with Crippen LogP contribution in [-0.4, -0.2) is 31.4 Å². The maximum atomic E-state index is 12.9. The van der Waals surface area contributed by atoms with Gasteiger partial charge in [-0.05, 0) is 36.6 Å². The number of rotatable bonds is 2. The molecule has 0 aliphatic carbocycles. The fourth-order valence-electron chi connectivity index (χ4n) is 3.48. The van der Waals surface area contributed by atoms with Gasteiger partial charge in [0.05, 0.1) is 17.9 Å². The molecular formula is C19H19N3O2. The SMILES string of the molecule is O=C1CN(C(=O)CN2CCCc3ccccc32)c2ccccc2N1. The average Bonchev–Trinajstić information content (AvgIpc) is 2.61. The summed E-state index contributed by atoms with van der Waals surface area (Å²) in [7, 11) is 0. The molecule has 2 aliphatic rings. The predicted octanol–water partition coefficient (Wildman–Crippen LogP) is 2.42. The summed E-state index contributed by atoms with van der Waals surface area (Å²) in [5.74, 6) is -0.199. The molecule has 2 amide bonds. The van der Waals surface area contributed by atoms with Crippen molar-refractivity contribution in [1.82, 2.24) is 0 Å². The average molecular weight is 321 g/mol. The Hall–Kier alpha value is -2.82. The van der Waals surface area contributed by atoms with E-state index in [1.54, 1.807) is 4.90 Å². The van der Waals surface area contributed by atoms with Crippen molar-refractivity contribution >= 4 is 28.9 Å². The summed E-state index contributed by atoms with van der Waals surface area (Å²) in [4.78, 5) is 28.5. The lowest BCUT2D eigenvalue weighted by molar-refractivity contribution is -0.121. The minimum Gasteiger partial charge on any atom is -0.362 e. The third kappa shape index (κ3) is 2.62. The highest BCUT2D eigenvalue weighted by atomic mass is 16.2. The summed E-state index contributed by atoms with van der Waals surface area (Å²) in [5, 5.41) is 2.82. The summed E-state index contributed by atoms with van der Waals surface area (Å²) in [6.07, 6.45) is 2.09. The van der Waals surface area contributed by atoms with Crippen molar-refractivity contribution in [2.24, 2.45) is 0 Å². The summed E-state index contributed by atoms with van der Waals surface area (Å²) in [5.41, 5.74) is 3.88. The van der Waals surface area contributed by atoms with Gasteiger partial charge in [0.25, 0.3) is 0 Å². The molecule has 0 fully saturated rings. The van der Waals surface area contributed by atoms with Gasteiger partial charge >= 0.3 is 0 Å². The first kappa shape index (κ1) is 14.8. The van der Waals surface area contributed by atoms with Crippen LogP contribution in [-0.2, 0) is 16.0 Å². The molecule has 5 nitrogen and oxygen atoms in total. The molecule has 2 aromatic rings. The van der Waals surface area contributed by atoms with Gasteiger partial charge in [-0.1, -0.05) is 30.3 Å². The Morgan fingerprint density at radius 3 is 2.67 bits per heavy atom. The van der Waals surface area contributed by atoms with Crippen molar-refractivity contribution in [3.05, 3.63) is 54.1 Å². The second-order valence-electron chi connectivity index (χ2n) is 6.20. The molecule has 0 bridgehead atoms. The monoisotopic (exact) mass is 321 g/mol. The second-order valence-corrected chi connectivity index (χ2v) is 6.20. The van der Waals surface area contributed by atoms with E-state index >= 15 is 0 Å². The van der Waals surface area contributed by atoms with Crippen molar-refractivity contribution < 1.29 is 9.59 Å². The summed E-state index contributed by atoms with van der Waals surface area (Å²) >= 11 is 0. The van der Waals surface area contributed by atoms with Crippen molar-refractivity contribution in [2.75, 3.05) is 34.8 Å². The number of fused-ring (bicyclic) bond motifs is 2. The first-order chi connectivity index (χ1) is 11.7. The Morgan fingerprint density at radius 2 is 1.79 bits per heavy atom. The second kappa shape index (κ2) is 6.00. The van der Waals surface area contributed by atoms with Crippen molar-refractivity contribution in [2.45, 2.75) is 12.8 Å². The van der Waals surface area contributed by atoms with Gasteiger partial charge in [-0.15, -0.1) is 0 Å². The predicted molar refractivity (Wildman–Crippen MR) is 94.4 cm³/mol. The summed E-state index contributed by atoms with van der Waals surface area (Å²) < 4.78 is 0. The van der Waals surface area contributed by atoms with Crippen LogP contribution < -0.4 is 15.1 Å². The molecule has 0 saturated heterocycles.